The van der Waals surface area contributed by atoms with Crippen molar-refractivity contribution >= 4 is 101 Å². The molecule has 3 aliphatic heterocycles. The van der Waals surface area contributed by atoms with Crippen molar-refractivity contribution in [3.05, 3.63) is 71.8 Å². The molecule has 16 N–H and O–H groups in total. The maximum absolute atomic E-state index is 15.4. The van der Waals surface area contributed by atoms with E-state index in [2.05, 4.69) is 67.0 Å². The van der Waals surface area contributed by atoms with Gasteiger partial charge in [-0.1, -0.05) is 120 Å². The van der Waals surface area contributed by atoms with Gasteiger partial charge in [0.2, 0.25) is 76.8 Å². The summed E-state index contributed by atoms with van der Waals surface area (Å²) in [6, 6.07) is -4.24. The van der Waals surface area contributed by atoms with Gasteiger partial charge in [0.05, 0.1) is 50.4 Å². The summed E-state index contributed by atoms with van der Waals surface area (Å²) in [6.07, 6.45) is 6.25. The second-order valence-electron chi connectivity index (χ2n) is 28.7. The normalized spacial score (nSPS) is 23.4. The number of piperidine rings is 1. The van der Waals surface area contributed by atoms with Crippen molar-refractivity contribution in [2.24, 2.45) is 23.5 Å². The number of alkyl carbamates (subject to hydrolysis) is 1. The molecule has 0 bridgehead atoms. The first kappa shape index (κ1) is 86.9. The predicted octanol–water partition coefficient (Wildman–Crippen LogP) is -0.0355. The summed E-state index contributed by atoms with van der Waals surface area (Å²) >= 11 is 0. The number of amides is 14. The van der Waals surface area contributed by atoms with Crippen molar-refractivity contribution < 1.29 is 102 Å². The third-order valence-corrected chi connectivity index (χ3v) is 19.4. The van der Waals surface area contributed by atoms with Gasteiger partial charge in [-0.05, 0) is 99.8 Å². The Labute approximate surface area is 631 Å². The maximum atomic E-state index is 15.4. The Kier molecular flexibility index (Phi) is 33.4. The maximum Gasteiger partial charge on any atom is 0.407 e. The number of fused-ring (bicyclic) bond motifs is 5. The third kappa shape index (κ3) is 25.8. The molecule has 109 heavy (non-hydrogen) atoms. The van der Waals surface area contributed by atoms with E-state index in [1.807, 2.05) is 53.8 Å². The van der Waals surface area contributed by atoms with Gasteiger partial charge in [-0.2, -0.15) is 0 Å². The fraction of sp³-hybridized carbons (Fsp3) is 0.581. The number of nitrogens with zero attached hydrogens (tertiary/aromatic N) is 2. The van der Waals surface area contributed by atoms with Gasteiger partial charge in [0.25, 0.3) is 0 Å². The van der Waals surface area contributed by atoms with E-state index in [0.29, 0.717) is 12.3 Å². The molecule has 596 valence electrons. The van der Waals surface area contributed by atoms with Crippen molar-refractivity contribution in [2.45, 2.75) is 224 Å². The molecule has 6 rings (SSSR count). The number of benzene rings is 2. The van der Waals surface area contributed by atoms with Gasteiger partial charge in [-0.25, -0.2) is 4.79 Å². The molecule has 35 nitrogen and oxygen atoms in total. The first-order valence-corrected chi connectivity index (χ1v) is 36.9. The molecule has 14 amide bonds. The summed E-state index contributed by atoms with van der Waals surface area (Å²) in [5.41, 5.74) is 9.21. The quantitative estimate of drug-likeness (QED) is 0.0434. The molecule has 35 heteroatoms. The Morgan fingerprint density at radius 1 is 0.587 bits per heavy atom. The molecule has 2 aromatic carbocycles. The molecular weight excluding hydrogens is 1420 g/mol. The number of unbranched alkanes of at least 4 members (excludes halogenated alkanes) is 5. The monoisotopic (exact) mass is 1520 g/mol. The summed E-state index contributed by atoms with van der Waals surface area (Å²) < 4.78 is 5.75. The molecule has 0 saturated carbocycles. The van der Waals surface area contributed by atoms with Crippen LogP contribution in [0.15, 0.2) is 60.7 Å². The number of nitrogens with one attached hydrogen (secondary N) is 11. The first-order chi connectivity index (χ1) is 51.7. The summed E-state index contributed by atoms with van der Waals surface area (Å²) in [7, 11) is 0. The van der Waals surface area contributed by atoms with E-state index < -0.39 is 217 Å². The van der Waals surface area contributed by atoms with Crippen molar-refractivity contribution in [1.29, 1.82) is 0 Å². The first-order valence-electron chi connectivity index (χ1n) is 36.9. The number of hydrogen-bond acceptors (Lipinski definition) is 18. The van der Waals surface area contributed by atoms with E-state index >= 15 is 9.59 Å². The summed E-state index contributed by atoms with van der Waals surface area (Å²) in [5.74, 6) is -22.2. The number of primary amides is 1. The van der Waals surface area contributed by atoms with Crippen LogP contribution >= 0.6 is 0 Å². The van der Waals surface area contributed by atoms with Crippen molar-refractivity contribution in [2.75, 3.05) is 32.8 Å². The minimum atomic E-state index is -2.16. The van der Waals surface area contributed by atoms with Gasteiger partial charge in [-0.15, -0.1) is 0 Å². The van der Waals surface area contributed by atoms with Crippen molar-refractivity contribution in [1.82, 2.24) is 68.3 Å². The van der Waals surface area contributed by atoms with Gasteiger partial charge in [0.15, 0.2) is 0 Å². The molecule has 12 unspecified atom stereocenters. The largest absolute Gasteiger partial charge is 0.481 e. The molecule has 0 radical (unpaired) electrons. The fourth-order valence-electron chi connectivity index (χ4n) is 13.5. The van der Waals surface area contributed by atoms with Gasteiger partial charge in [0.1, 0.15) is 61.0 Å². The number of rotatable bonds is 26. The Hall–Kier alpha value is -11.0. The number of carbonyl (C=O) groups excluding carboxylic acids is 14. The van der Waals surface area contributed by atoms with Crippen LogP contribution in [0.4, 0.5) is 4.79 Å². The van der Waals surface area contributed by atoms with Crippen LogP contribution in [-0.2, 0) is 81.4 Å². The van der Waals surface area contributed by atoms with E-state index in [0.717, 1.165) is 77.5 Å². The molecule has 3 heterocycles. The Morgan fingerprint density at radius 2 is 1.12 bits per heavy atom. The molecule has 1 aliphatic carbocycles. The topological polar surface area (TPSA) is 525 Å². The highest BCUT2D eigenvalue weighted by Gasteiger charge is 2.46. The van der Waals surface area contributed by atoms with Gasteiger partial charge >= 0.3 is 24.0 Å². The standard InChI is InChI=1S/C74H104N14O21/c1-39(2)23-14-12-10-8-9-11-13-15-30-55(90)80-49(33-54(75)89)66(99)86-63-43(7)78-67(100)53-29-22-32-88(53)71(104)60(40(3)4)84-70(103)62(42(6)79-74(108)109-38-48-46-26-18-16-24-44(46)45-25-17-19-27-47(45)48)83-57(92)37-77-64(97)50(34-58(93)94)81-56(91)36-76-65(98)51(35-59(95)96)82-69(102)61(41(5)73(106)107)85-68(101)52-28-20-21-31-87(52)72(63)105/h13,15-19,24-27,39-43,48-53,60-63H,8-12,14,20-23,28-38H2,1-7H3,(H2,75,89)(H,76,98)(H,77,97)(H,78,100)(H,79,108)(H,80,90)(H,81,91)(H,82,102)(H,83,92)(H,84,103)(H,85,101)(H,86,99)(H,93,94)(H,95,96)(H,106,107)/b15-13-. The van der Waals surface area contributed by atoms with Gasteiger partial charge < -0.3 is 94.1 Å². The Balaban J connectivity index is 1.35. The number of nitrogens with two attached hydrogens (primary N) is 1. The van der Waals surface area contributed by atoms with Crippen LogP contribution in [0.5, 0.6) is 0 Å². The lowest BCUT2D eigenvalue weighted by Gasteiger charge is -2.39. The second kappa shape index (κ2) is 41.9. The number of carboxylic acids is 3. The van der Waals surface area contributed by atoms with Crippen LogP contribution in [-0.4, -0.2) is 225 Å². The van der Waals surface area contributed by atoms with Crippen LogP contribution in [0.25, 0.3) is 11.1 Å². The van der Waals surface area contributed by atoms with Crippen LogP contribution < -0.4 is 64.2 Å². The van der Waals surface area contributed by atoms with Crippen LogP contribution in [0.2, 0.25) is 0 Å². The number of carboxylic acid groups (broad SMARTS) is 3. The fourth-order valence-corrected chi connectivity index (χ4v) is 13.5. The van der Waals surface area contributed by atoms with Crippen molar-refractivity contribution in [3.63, 3.8) is 0 Å². The Morgan fingerprint density at radius 3 is 1.71 bits per heavy atom. The van der Waals surface area contributed by atoms with Crippen LogP contribution in [0.3, 0.4) is 0 Å². The summed E-state index contributed by atoms with van der Waals surface area (Å²) in [4.78, 5) is 238. The zero-order chi connectivity index (χ0) is 80.3. The Bertz CT molecular complexity index is 3670. The molecule has 4 aliphatic rings. The number of allylic oxidation sites excluding steroid dienone is 1. The molecule has 3 fully saturated rings. The van der Waals surface area contributed by atoms with Crippen LogP contribution in [0.1, 0.15) is 168 Å². The number of carbonyl (C=O) groups is 17. The van der Waals surface area contributed by atoms with Crippen molar-refractivity contribution in [3.8, 4) is 11.1 Å². The van der Waals surface area contributed by atoms with Gasteiger partial charge in [-0.3, -0.25) is 76.7 Å². The zero-order valence-electron chi connectivity index (χ0n) is 62.4. The average Bonchev–Trinajstić information content (AvgIpc) is 1.63. The molecule has 3 saturated heterocycles. The number of aliphatic carboxylic acids is 3. The van der Waals surface area contributed by atoms with E-state index in [1.165, 1.54) is 13.8 Å². The summed E-state index contributed by atoms with van der Waals surface area (Å²) in [5, 5.41) is 55.9. The highest BCUT2D eigenvalue weighted by molar-refractivity contribution is 6.02. The molecule has 12 atom stereocenters. The van der Waals surface area contributed by atoms with E-state index in [9.17, 15) is 87.2 Å². The lowest BCUT2D eigenvalue weighted by Crippen LogP contribution is -2.66. The highest BCUT2D eigenvalue weighted by Crippen LogP contribution is 2.44. The molecule has 0 spiro atoms. The van der Waals surface area contributed by atoms with E-state index in [4.69, 9.17) is 10.5 Å². The second-order valence-corrected chi connectivity index (χ2v) is 28.7. The molecular formula is C74H104N14O21. The minimum absolute atomic E-state index is 0.0181. The number of hydrogen-bond donors (Lipinski definition) is 15. The zero-order valence-corrected chi connectivity index (χ0v) is 62.4. The smallest absolute Gasteiger partial charge is 0.407 e. The average molecular weight is 1530 g/mol. The molecule has 2 aromatic rings. The van der Waals surface area contributed by atoms with Crippen LogP contribution in [0, 0.1) is 17.8 Å². The predicted molar refractivity (Wildman–Crippen MR) is 390 cm³/mol. The summed E-state index contributed by atoms with van der Waals surface area (Å²) in [6.45, 7) is 8.30. The SMILES string of the molecule is CC(C)CCCCCCC/C=C\CC(=O)NC(CC(N)=O)C(=O)NC1C(=O)N2CCCCC2C(=O)NC(C(C)C(=O)O)C(=O)NC(CC(=O)O)C(=O)NCC(=O)NC(CC(=O)O)C(=O)NCC(=O)NC(C(C)NC(=O)OCC2c3ccccc3-c3ccccc32)C(=O)NC(C(C)C)C(=O)N2CCCC2C(=O)NC1C. The lowest BCUT2D eigenvalue weighted by molar-refractivity contribution is -0.149. The van der Waals surface area contributed by atoms with E-state index in [-0.39, 0.29) is 58.2 Å². The lowest BCUT2D eigenvalue weighted by atomic mass is 9.96. The highest BCUT2D eigenvalue weighted by atomic mass is 16.5. The van der Waals surface area contributed by atoms with Gasteiger partial charge in [0, 0.05) is 25.4 Å². The third-order valence-electron chi connectivity index (χ3n) is 19.4. The number of ether oxygens (including phenoxy) is 1. The minimum Gasteiger partial charge on any atom is -0.481 e. The molecule has 0 aromatic heterocycles. The van der Waals surface area contributed by atoms with E-state index in [1.54, 1.807) is 26.0 Å².